The molecule has 5 heteroatoms. The first-order chi connectivity index (χ1) is 10.2. The van der Waals surface area contributed by atoms with Gasteiger partial charge < -0.3 is 10.6 Å². The summed E-state index contributed by atoms with van der Waals surface area (Å²) in [7, 11) is 0. The van der Waals surface area contributed by atoms with E-state index in [1.165, 1.54) is 37.6 Å². The van der Waals surface area contributed by atoms with Crippen LogP contribution in [0.4, 0.5) is 8.78 Å². The van der Waals surface area contributed by atoms with Gasteiger partial charge >= 0.3 is 0 Å². The molecule has 1 aliphatic heterocycles. The van der Waals surface area contributed by atoms with Gasteiger partial charge in [0.2, 0.25) is 0 Å². The summed E-state index contributed by atoms with van der Waals surface area (Å²) in [5.74, 6) is -0.109. The molecule has 3 nitrogen and oxygen atoms in total. The predicted molar refractivity (Wildman–Crippen MR) is 78.9 cm³/mol. The molecule has 1 unspecified atom stereocenters. The summed E-state index contributed by atoms with van der Waals surface area (Å²) >= 11 is 0. The Balaban J connectivity index is 1.66. The molecule has 1 heterocycles. The zero-order chi connectivity index (χ0) is 14.8. The zero-order valence-electron chi connectivity index (χ0n) is 12.3. The smallest absolute Gasteiger partial charge is 0.130 e. The SMILES string of the molecule is NCC(c1c(F)cccc1F)N1CCN(CC2CC2)CC1. The van der Waals surface area contributed by atoms with Gasteiger partial charge in [-0.3, -0.25) is 4.90 Å². The number of hydrogen-bond acceptors (Lipinski definition) is 3. The van der Waals surface area contributed by atoms with Crippen LogP contribution >= 0.6 is 0 Å². The third-order valence-corrected chi connectivity index (χ3v) is 4.62. The van der Waals surface area contributed by atoms with Gasteiger partial charge in [0, 0.05) is 44.8 Å². The summed E-state index contributed by atoms with van der Waals surface area (Å²) in [6, 6.07) is 3.65. The van der Waals surface area contributed by atoms with Gasteiger partial charge in [-0.15, -0.1) is 0 Å². The van der Waals surface area contributed by atoms with Crippen LogP contribution in [0.2, 0.25) is 0 Å². The quantitative estimate of drug-likeness (QED) is 0.902. The van der Waals surface area contributed by atoms with Crippen LogP contribution in [-0.4, -0.2) is 49.1 Å². The first kappa shape index (κ1) is 14.9. The van der Waals surface area contributed by atoms with Crippen molar-refractivity contribution in [2.75, 3.05) is 39.3 Å². The molecule has 2 fully saturated rings. The Labute approximate surface area is 124 Å². The fraction of sp³-hybridized carbons (Fsp3) is 0.625. The molecule has 1 aromatic carbocycles. The summed E-state index contributed by atoms with van der Waals surface area (Å²) in [6.07, 6.45) is 2.71. The van der Waals surface area contributed by atoms with Crippen LogP contribution in [-0.2, 0) is 0 Å². The highest BCUT2D eigenvalue weighted by Gasteiger charge is 2.30. The lowest BCUT2D eigenvalue weighted by atomic mass is 10.0. The summed E-state index contributed by atoms with van der Waals surface area (Å²) < 4.78 is 27.9. The summed E-state index contributed by atoms with van der Waals surface area (Å²) in [4.78, 5) is 4.57. The molecule has 116 valence electrons. The molecule has 1 saturated carbocycles. The molecule has 2 N–H and O–H groups in total. The van der Waals surface area contributed by atoms with E-state index < -0.39 is 11.6 Å². The molecule has 2 aliphatic rings. The third-order valence-electron chi connectivity index (χ3n) is 4.62. The Bertz CT molecular complexity index is 462. The Hall–Kier alpha value is -1.04. The van der Waals surface area contributed by atoms with Crippen molar-refractivity contribution in [3.63, 3.8) is 0 Å². The highest BCUT2D eigenvalue weighted by Crippen LogP contribution is 2.31. The van der Waals surface area contributed by atoms with E-state index in [0.29, 0.717) is 0 Å². The topological polar surface area (TPSA) is 32.5 Å². The van der Waals surface area contributed by atoms with Crippen molar-refractivity contribution in [1.82, 2.24) is 9.80 Å². The van der Waals surface area contributed by atoms with E-state index in [1.807, 2.05) is 0 Å². The van der Waals surface area contributed by atoms with Crippen molar-refractivity contribution < 1.29 is 8.78 Å². The van der Waals surface area contributed by atoms with Gasteiger partial charge in [0.1, 0.15) is 11.6 Å². The minimum Gasteiger partial charge on any atom is -0.329 e. The lowest BCUT2D eigenvalue weighted by molar-refractivity contribution is 0.0927. The average molecular weight is 295 g/mol. The molecule has 0 radical (unpaired) electrons. The lowest BCUT2D eigenvalue weighted by Gasteiger charge is -2.39. The van der Waals surface area contributed by atoms with Gasteiger partial charge in [-0.1, -0.05) is 6.07 Å². The van der Waals surface area contributed by atoms with Crippen LogP contribution in [0.1, 0.15) is 24.4 Å². The van der Waals surface area contributed by atoms with Gasteiger partial charge in [0.25, 0.3) is 0 Å². The normalized spacial score (nSPS) is 22.4. The molecule has 1 atom stereocenters. The van der Waals surface area contributed by atoms with Gasteiger partial charge in [-0.05, 0) is 30.9 Å². The molecular formula is C16H23F2N3. The minimum atomic E-state index is -0.495. The number of nitrogens with zero attached hydrogens (tertiary/aromatic N) is 2. The highest BCUT2D eigenvalue weighted by molar-refractivity contribution is 5.24. The van der Waals surface area contributed by atoms with Crippen molar-refractivity contribution in [1.29, 1.82) is 0 Å². The predicted octanol–water partition coefficient (Wildman–Crippen LogP) is 1.99. The lowest BCUT2D eigenvalue weighted by Crippen LogP contribution is -2.49. The van der Waals surface area contributed by atoms with Crippen molar-refractivity contribution in [3.05, 3.63) is 35.4 Å². The number of hydrogen-bond donors (Lipinski definition) is 1. The number of piperazine rings is 1. The fourth-order valence-electron chi connectivity index (χ4n) is 3.20. The third kappa shape index (κ3) is 3.42. The molecule has 1 aliphatic carbocycles. The maximum atomic E-state index is 14.0. The standard InChI is InChI=1S/C16H23F2N3/c17-13-2-1-3-14(18)16(13)15(10-19)21-8-6-20(7-9-21)11-12-4-5-12/h1-3,12,15H,4-11,19H2. The zero-order valence-corrected chi connectivity index (χ0v) is 12.3. The Morgan fingerprint density at radius 2 is 1.71 bits per heavy atom. The van der Waals surface area contributed by atoms with Crippen LogP contribution in [0.25, 0.3) is 0 Å². The second kappa shape index (κ2) is 6.38. The van der Waals surface area contributed by atoms with Crippen LogP contribution in [0.3, 0.4) is 0 Å². The maximum Gasteiger partial charge on any atom is 0.130 e. The molecule has 3 rings (SSSR count). The molecular weight excluding hydrogens is 272 g/mol. The number of nitrogens with two attached hydrogens (primary N) is 1. The van der Waals surface area contributed by atoms with Crippen molar-refractivity contribution >= 4 is 0 Å². The molecule has 0 aromatic heterocycles. The average Bonchev–Trinajstić information content (AvgIpc) is 3.28. The van der Waals surface area contributed by atoms with Crippen LogP contribution in [0.15, 0.2) is 18.2 Å². The molecule has 0 bridgehead atoms. The molecule has 0 spiro atoms. The largest absolute Gasteiger partial charge is 0.329 e. The Morgan fingerprint density at radius 1 is 1.10 bits per heavy atom. The van der Waals surface area contributed by atoms with Crippen LogP contribution in [0.5, 0.6) is 0 Å². The first-order valence-corrected chi connectivity index (χ1v) is 7.79. The van der Waals surface area contributed by atoms with Gasteiger partial charge in [0.15, 0.2) is 0 Å². The fourth-order valence-corrected chi connectivity index (χ4v) is 3.20. The van der Waals surface area contributed by atoms with Crippen LogP contribution in [0, 0.1) is 17.6 Å². The molecule has 21 heavy (non-hydrogen) atoms. The number of benzene rings is 1. The molecule has 1 saturated heterocycles. The molecule has 0 amide bonds. The van der Waals surface area contributed by atoms with Gasteiger partial charge in [-0.2, -0.15) is 0 Å². The van der Waals surface area contributed by atoms with E-state index in [4.69, 9.17) is 5.73 Å². The minimum absolute atomic E-state index is 0.121. The van der Waals surface area contributed by atoms with E-state index in [2.05, 4.69) is 9.80 Å². The van der Waals surface area contributed by atoms with Crippen molar-refractivity contribution in [2.24, 2.45) is 11.7 Å². The number of halogens is 2. The number of rotatable bonds is 5. The summed E-state index contributed by atoms with van der Waals surface area (Å²) in [5.41, 5.74) is 5.93. The van der Waals surface area contributed by atoms with Gasteiger partial charge in [-0.25, -0.2) is 8.78 Å². The van der Waals surface area contributed by atoms with Crippen molar-refractivity contribution in [3.8, 4) is 0 Å². The maximum absolute atomic E-state index is 14.0. The molecule has 1 aromatic rings. The second-order valence-corrected chi connectivity index (χ2v) is 6.17. The Morgan fingerprint density at radius 3 is 2.24 bits per heavy atom. The summed E-state index contributed by atoms with van der Waals surface area (Å²) in [5, 5.41) is 0. The Kier molecular flexibility index (Phi) is 4.52. The highest BCUT2D eigenvalue weighted by atomic mass is 19.1. The van der Waals surface area contributed by atoms with E-state index in [9.17, 15) is 8.78 Å². The van der Waals surface area contributed by atoms with Crippen molar-refractivity contribution in [2.45, 2.75) is 18.9 Å². The monoisotopic (exact) mass is 295 g/mol. The van der Waals surface area contributed by atoms with E-state index in [0.717, 1.165) is 32.1 Å². The van der Waals surface area contributed by atoms with E-state index >= 15 is 0 Å². The van der Waals surface area contributed by atoms with Crippen LogP contribution < -0.4 is 5.73 Å². The van der Waals surface area contributed by atoms with E-state index in [1.54, 1.807) is 0 Å². The van der Waals surface area contributed by atoms with Gasteiger partial charge in [0.05, 0.1) is 6.04 Å². The summed E-state index contributed by atoms with van der Waals surface area (Å²) in [6.45, 7) is 4.98. The second-order valence-electron chi connectivity index (χ2n) is 6.17. The van der Waals surface area contributed by atoms with E-state index in [-0.39, 0.29) is 18.2 Å². The first-order valence-electron chi connectivity index (χ1n) is 7.79.